The highest BCUT2D eigenvalue weighted by atomic mass is 35.5. The number of carbonyl (C=O) groups is 1. The topological polar surface area (TPSA) is 47.6 Å². The van der Waals surface area contributed by atoms with Crippen molar-refractivity contribution in [3.8, 4) is 5.75 Å². The summed E-state index contributed by atoms with van der Waals surface area (Å²) in [6.07, 6.45) is 0. The molecule has 1 N–H and O–H groups in total. The van der Waals surface area contributed by atoms with Crippen molar-refractivity contribution in [2.45, 2.75) is 33.3 Å². The van der Waals surface area contributed by atoms with E-state index in [1.165, 1.54) is 6.07 Å². The van der Waals surface area contributed by atoms with Crippen molar-refractivity contribution in [3.05, 3.63) is 28.5 Å². The molecular weight excluding hydrogens is 309 g/mol. The van der Waals surface area contributed by atoms with E-state index in [-0.39, 0.29) is 21.8 Å². The smallest absolute Gasteiger partial charge is 0.341 e. The molecule has 22 heavy (non-hydrogen) atoms. The third kappa shape index (κ3) is 4.11. The number of benzene rings is 1. The Morgan fingerprint density at radius 2 is 2.05 bits per heavy atom. The van der Waals surface area contributed by atoms with Gasteiger partial charge in [0.2, 0.25) is 0 Å². The molecule has 0 saturated carbocycles. The third-order valence-electron chi connectivity index (χ3n) is 3.32. The molecule has 0 radical (unpaired) electrons. The molecule has 1 aromatic carbocycles. The van der Waals surface area contributed by atoms with E-state index in [0.717, 1.165) is 19.2 Å². The Morgan fingerprint density at radius 1 is 1.41 bits per heavy atom. The summed E-state index contributed by atoms with van der Waals surface area (Å²) in [5.74, 6) is -1.21. The first-order valence-electron chi connectivity index (χ1n) is 7.16. The van der Waals surface area contributed by atoms with E-state index in [0.29, 0.717) is 6.61 Å². The molecule has 1 aliphatic rings. The van der Waals surface area contributed by atoms with Crippen LogP contribution in [-0.4, -0.2) is 31.3 Å². The van der Waals surface area contributed by atoms with Gasteiger partial charge in [-0.2, -0.15) is 0 Å². The standard InChI is InChI=1S/C16H21ClFNO3/c1-15(2,3)22-14(20)10-5-11(17)13(6-12(10)18)21-9-16(4)7-19-8-16/h5-6,19H,7-9H2,1-4H3. The predicted molar refractivity (Wildman–Crippen MR) is 83.1 cm³/mol. The van der Waals surface area contributed by atoms with Crippen LogP contribution in [0.3, 0.4) is 0 Å². The van der Waals surface area contributed by atoms with Crippen LogP contribution in [0.2, 0.25) is 5.02 Å². The van der Waals surface area contributed by atoms with Crippen LogP contribution in [0.15, 0.2) is 12.1 Å². The fourth-order valence-electron chi connectivity index (χ4n) is 2.03. The van der Waals surface area contributed by atoms with Crippen molar-refractivity contribution in [1.29, 1.82) is 0 Å². The first-order chi connectivity index (χ1) is 10.1. The van der Waals surface area contributed by atoms with E-state index >= 15 is 0 Å². The summed E-state index contributed by atoms with van der Waals surface area (Å²) in [5, 5.41) is 3.35. The summed E-state index contributed by atoms with van der Waals surface area (Å²) in [4.78, 5) is 11.9. The molecule has 0 bridgehead atoms. The second-order valence-corrected chi connectivity index (χ2v) is 7.37. The van der Waals surface area contributed by atoms with Crippen LogP contribution in [0.25, 0.3) is 0 Å². The first-order valence-corrected chi connectivity index (χ1v) is 7.53. The van der Waals surface area contributed by atoms with Crippen LogP contribution in [0.4, 0.5) is 4.39 Å². The molecule has 1 saturated heterocycles. The molecule has 1 heterocycles. The number of rotatable bonds is 4. The monoisotopic (exact) mass is 329 g/mol. The Balaban J connectivity index is 2.12. The highest BCUT2D eigenvalue weighted by Gasteiger charge is 2.33. The van der Waals surface area contributed by atoms with Gasteiger partial charge in [0, 0.05) is 24.6 Å². The SMILES string of the molecule is CC1(COc2cc(F)c(C(=O)OC(C)(C)C)cc2Cl)CNC1. The summed E-state index contributed by atoms with van der Waals surface area (Å²) in [7, 11) is 0. The van der Waals surface area contributed by atoms with Gasteiger partial charge in [0.25, 0.3) is 0 Å². The molecule has 6 heteroatoms. The van der Waals surface area contributed by atoms with Crippen LogP contribution < -0.4 is 10.1 Å². The van der Waals surface area contributed by atoms with Gasteiger partial charge in [0.1, 0.15) is 17.2 Å². The second-order valence-electron chi connectivity index (χ2n) is 6.97. The zero-order valence-corrected chi connectivity index (χ0v) is 14.0. The quantitative estimate of drug-likeness (QED) is 0.860. The van der Waals surface area contributed by atoms with Crippen LogP contribution in [0.5, 0.6) is 5.75 Å². The zero-order chi connectivity index (χ0) is 16.5. The first kappa shape index (κ1) is 17.0. The van der Waals surface area contributed by atoms with Gasteiger partial charge in [-0.1, -0.05) is 18.5 Å². The summed E-state index contributed by atoms with van der Waals surface area (Å²) >= 11 is 6.09. The van der Waals surface area contributed by atoms with Crippen molar-refractivity contribution in [3.63, 3.8) is 0 Å². The van der Waals surface area contributed by atoms with Crippen molar-refractivity contribution in [1.82, 2.24) is 5.32 Å². The summed E-state index contributed by atoms with van der Waals surface area (Å²) in [6.45, 7) is 9.36. The lowest BCUT2D eigenvalue weighted by Gasteiger charge is -2.38. The minimum Gasteiger partial charge on any atom is -0.491 e. The molecule has 0 atom stereocenters. The van der Waals surface area contributed by atoms with Crippen molar-refractivity contribution < 1.29 is 18.7 Å². The maximum atomic E-state index is 14.1. The van der Waals surface area contributed by atoms with Crippen LogP contribution in [0, 0.1) is 11.2 Å². The Hall–Kier alpha value is -1.33. The van der Waals surface area contributed by atoms with E-state index in [1.54, 1.807) is 20.8 Å². The summed E-state index contributed by atoms with van der Waals surface area (Å²) in [6, 6.07) is 2.39. The molecule has 1 aliphatic heterocycles. The number of nitrogens with one attached hydrogen (secondary N) is 1. The van der Waals surface area contributed by atoms with E-state index in [9.17, 15) is 9.18 Å². The molecule has 0 aliphatic carbocycles. The normalized spacial score (nSPS) is 16.8. The van der Waals surface area contributed by atoms with Crippen molar-refractivity contribution >= 4 is 17.6 Å². The molecule has 122 valence electrons. The van der Waals surface area contributed by atoms with Gasteiger partial charge in [0.05, 0.1) is 17.2 Å². The summed E-state index contributed by atoms with van der Waals surface area (Å²) in [5.41, 5.74) is -0.857. The van der Waals surface area contributed by atoms with Gasteiger partial charge >= 0.3 is 5.97 Å². The zero-order valence-electron chi connectivity index (χ0n) is 13.3. The van der Waals surface area contributed by atoms with E-state index < -0.39 is 17.4 Å². The maximum Gasteiger partial charge on any atom is 0.341 e. The van der Waals surface area contributed by atoms with Crippen LogP contribution in [-0.2, 0) is 4.74 Å². The predicted octanol–water partition coefficient (Wildman–Crippen LogP) is 3.42. The molecule has 1 fully saturated rings. The van der Waals surface area contributed by atoms with Crippen LogP contribution >= 0.6 is 11.6 Å². The third-order valence-corrected chi connectivity index (χ3v) is 3.62. The molecule has 2 rings (SSSR count). The number of halogens is 2. The fourth-order valence-corrected chi connectivity index (χ4v) is 2.25. The lowest BCUT2D eigenvalue weighted by molar-refractivity contribution is 0.00646. The maximum absolute atomic E-state index is 14.1. The van der Waals surface area contributed by atoms with E-state index in [2.05, 4.69) is 12.2 Å². The van der Waals surface area contributed by atoms with Gasteiger partial charge in [-0.25, -0.2) is 9.18 Å². The van der Waals surface area contributed by atoms with Gasteiger partial charge in [-0.05, 0) is 26.8 Å². The number of hydrogen-bond acceptors (Lipinski definition) is 4. The largest absolute Gasteiger partial charge is 0.491 e. The Morgan fingerprint density at radius 3 is 2.55 bits per heavy atom. The lowest BCUT2D eigenvalue weighted by Crippen LogP contribution is -2.54. The van der Waals surface area contributed by atoms with Crippen LogP contribution in [0.1, 0.15) is 38.1 Å². The average molecular weight is 330 g/mol. The molecule has 0 amide bonds. The molecular formula is C16H21ClFNO3. The molecule has 1 aromatic rings. The van der Waals surface area contributed by atoms with E-state index in [1.807, 2.05) is 0 Å². The lowest BCUT2D eigenvalue weighted by atomic mass is 9.85. The van der Waals surface area contributed by atoms with Gasteiger partial charge in [-0.15, -0.1) is 0 Å². The van der Waals surface area contributed by atoms with Gasteiger partial charge < -0.3 is 14.8 Å². The number of hydrogen-bond donors (Lipinski definition) is 1. The Bertz CT molecular complexity index is 579. The molecule has 0 spiro atoms. The molecule has 0 aromatic heterocycles. The minimum atomic E-state index is -0.742. The van der Waals surface area contributed by atoms with Crippen molar-refractivity contribution in [2.75, 3.05) is 19.7 Å². The highest BCUT2D eigenvalue weighted by molar-refractivity contribution is 6.32. The minimum absolute atomic E-state index is 0.0314. The highest BCUT2D eigenvalue weighted by Crippen LogP contribution is 2.31. The Labute approximate surface area is 134 Å². The van der Waals surface area contributed by atoms with Gasteiger partial charge in [-0.3, -0.25) is 0 Å². The summed E-state index contributed by atoms with van der Waals surface area (Å²) < 4.78 is 24.9. The van der Waals surface area contributed by atoms with Crippen molar-refractivity contribution in [2.24, 2.45) is 5.41 Å². The fraction of sp³-hybridized carbons (Fsp3) is 0.562. The van der Waals surface area contributed by atoms with Gasteiger partial charge in [0.15, 0.2) is 0 Å². The van der Waals surface area contributed by atoms with E-state index in [4.69, 9.17) is 21.1 Å². The molecule has 0 unspecified atom stereocenters. The second kappa shape index (κ2) is 6.05. The average Bonchev–Trinajstić information content (AvgIpc) is 2.35. The number of ether oxygens (including phenoxy) is 2. The number of carbonyl (C=O) groups excluding carboxylic acids is 1. The molecule has 4 nitrogen and oxygen atoms in total. The number of esters is 1. The Kier molecular flexibility index (Phi) is 4.68.